The molecule has 0 saturated carbocycles. The van der Waals surface area contributed by atoms with Crippen LogP contribution in [-0.2, 0) is 4.79 Å². The van der Waals surface area contributed by atoms with E-state index in [2.05, 4.69) is 0 Å². The number of carboxylic acids is 1. The molecule has 0 aliphatic heterocycles. The lowest BCUT2D eigenvalue weighted by molar-refractivity contribution is -0.144. The van der Waals surface area contributed by atoms with Crippen molar-refractivity contribution in [2.75, 3.05) is 0 Å². The molecule has 1 aromatic rings. The first kappa shape index (κ1) is 11.2. The van der Waals surface area contributed by atoms with Gasteiger partial charge in [-0.05, 0) is 25.1 Å². The van der Waals surface area contributed by atoms with Crippen LogP contribution in [0, 0.1) is 5.82 Å². The largest absolute Gasteiger partial charge is 0.479 e. The van der Waals surface area contributed by atoms with Crippen LogP contribution in [-0.4, -0.2) is 23.5 Å². The van der Waals surface area contributed by atoms with Crippen LogP contribution in [0.5, 0.6) is 5.75 Å². The van der Waals surface area contributed by atoms with Gasteiger partial charge in [0.1, 0.15) is 6.29 Å². The zero-order valence-corrected chi connectivity index (χ0v) is 7.94. The van der Waals surface area contributed by atoms with Gasteiger partial charge in [0.05, 0.1) is 0 Å². The van der Waals surface area contributed by atoms with Crippen LogP contribution < -0.4 is 4.74 Å². The van der Waals surface area contributed by atoms with Crippen LogP contribution >= 0.6 is 0 Å². The van der Waals surface area contributed by atoms with Gasteiger partial charge in [0.15, 0.2) is 17.7 Å². The molecule has 0 radical (unpaired) electrons. The molecule has 1 atom stereocenters. The molecule has 4 nitrogen and oxygen atoms in total. The van der Waals surface area contributed by atoms with Crippen molar-refractivity contribution in [3.05, 3.63) is 29.6 Å². The SMILES string of the molecule is CC(Oc1ccc(C=O)cc1F)C(=O)O. The van der Waals surface area contributed by atoms with Crippen LogP contribution in [0.3, 0.4) is 0 Å². The Hall–Kier alpha value is -1.91. The van der Waals surface area contributed by atoms with Crippen molar-refractivity contribution in [3.8, 4) is 5.75 Å². The number of aliphatic carboxylic acids is 1. The number of rotatable bonds is 4. The van der Waals surface area contributed by atoms with E-state index in [4.69, 9.17) is 9.84 Å². The van der Waals surface area contributed by atoms with Gasteiger partial charge in [0, 0.05) is 5.56 Å². The summed E-state index contributed by atoms with van der Waals surface area (Å²) in [6, 6.07) is 3.55. The van der Waals surface area contributed by atoms with Gasteiger partial charge >= 0.3 is 5.97 Å². The highest BCUT2D eigenvalue weighted by molar-refractivity contribution is 5.75. The maximum Gasteiger partial charge on any atom is 0.344 e. The molecular formula is C10H9FO4. The number of carbonyl (C=O) groups excluding carboxylic acids is 1. The molecule has 1 aromatic carbocycles. The summed E-state index contributed by atoms with van der Waals surface area (Å²) in [5, 5.41) is 8.53. The van der Waals surface area contributed by atoms with Crippen LogP contribution in [0.1, 0.15) is 17.3 Å². The monoisotopic (exact) mass is 212 g/mol. The highest BCUT2D eigenvalue weighted by atomic mass is 19.1. The zero-order valence-electron chi connectivity index (χ0n) is 7.94. The lowest BCUT2D eigenvalue weighted by Gasteiger charge is -2.10. The highest BCUT2D eigenvalue weighted by Crippen LogP contribution is 2.18. The minimum Gasteiger partial charge on any atom is -0.479 e. The van der Waals surface area contributed by atoms with Crippen molar-refractivity contribution in [2.45, 2.75) is 13.0 Å². The lowest BCUT2D eigenvalue weighted by Crippen LogP contribution is -2.23. The Balaban J connectivity index is 2.87. The quantitative estimate of drug-likeness (QED) is 0.768. The summed E-state index contributed by atoms with van der Waals surface area (Å²) in [6.45, 7) is 1.29. The van der Waals surface area contributed by atoms with Crippen molar-refractivity contribution < 1.29 is 23.8 Å². The summed E-state index contributed by atoms with van der Waals surface area (Å²) in [7, 11) is 0. The summed E-state index contributed by atoms with van der Waals surface area (Å²) in [5.41, 5.74) is 0.169. The molecule has 0 aliphatic rings. The maximum absolute atomic E-state index is 13.2. The molecule has 15 heavy (non-hydrogen) atoms. The van der Waals surface area contributed by atoms with Crippen LogP contribution in [0.2, 0.25) is 0 Å². The first-order chi connectivity index (χ1) is 7.04. The number of aldehydes is 1. The molecule has 5 heteroatoms. The second-order valence-electron chi connectivity index (χ2n) is 2.91. The minimum atomic E-state index is -1.19. The number of hydrogen-bond acceptors (Lipinski definition) is 3. The van der Waals surface area contributed by atoms with E-state index in [-0.39, 0.29) is 11.3 Å². The smallest absolute Gasteiger partial charge is 0.344 e. The fourth-order valence-electron chi connectivity index (χ4n) is 0.927. The van der Waals surface area contributed by atoms with Gasteiger partial charge in [-0.1, -0.05) is 0 Å². The highest BCUT2D eigenvalue weighted by Gasteiger charge is 2.14. The third kappa shape index (κ3) is 2.77. The van der Waals surface area contributed by atoms with Crippen LogP contribution in [0.15, 0.2) is 18.2 Å². The van der Waals surface area contributed by atoms with E-state index < -0.39 is 17.9 Å². The average molecular weight is 212 g/mol. The molecule has 80 valence electrons. The average Bonchev–Trinajstić information content (AvgIpc) is 2.20. The van der Waals surface area contributed by atoms with E-state index >= 15 is 0 Å². The fourth-order valence-corrected chi connectivity index (χ4v) is 0.927. The van der Waals surface area contributed by atoms with Gasteiger partial charge in [-0.25, -0.2) is 9.18 Å². The molecule has 1 unspecified atom stereocenters. The molecule has 0 fully saturated rings. The van der Waals surface area contributed by atoms with Crippen molar-refractivity contribution in [2.24, 2.45) is 0 Å². The normalized spacial score (nSPS) is 11.9. The second kappa shape index (κ2) is 4.54. The lowest BCUT2D eigenvalue weighted by atomic mass is 10.2. The number of benzene rings is 1. The molecule has 0 bridgehead atoms. The van der Waals surface area contributed by atoms with Gasteiger partial charge in [0.25, 0.3) is 0 Å². The van der Waals surface area contributed by atoms with E-state index in [1.807, 2.05) is 0 Å². The Morgan fingerprint density at radius 1 is 1.60 bits per heavy atom. The van der Waals surface area contributed by atoms with Gasteiger partial charge in [0.2, 0.25) is 0 Å². The first-order valence-electron chi connectivity index (χ1n) is 4.18. The summed E-state index contributed by atoms with van der Waals surface area (Å²) >= 11 is 0. The Kier molecular flexibility index (Phi) is 3.38. The predicted molar refractivity (Wildman–Crippen MR) is 49.5 cm³/mol. The first-order valence-corrected chi connectivity index (χ1v) is 4.18. The Bertz CT molecular complexity index is 389. The molecule has 0 aromatic heterocycles. The molecule has 0 heterocycles. The minimum absolute atomic E-state index is 0.169. The van der Waals surface area contributed by atoms with Gasteiger partial charge in [-0.2, -0.15) is 0 Å². The summed E-state index contributed by atoms with van der Waals surface area (Å²) < 4.78 is 18.0. The van der Waals surface area contributed by atoms with Gasteiger partial charge in [-0.3, -0.25) is 4.79 Å². The molecule has 0 spiro atoms. The summed E-state index contributed by atoms with van der Waals surface area (Å²) in [6.07, 6.45) is -0.644. The Labute approximate surface area is 85.3 Å². The second-order valence-corrected chi connectivity index (χ2v) is 2.91. The molecule has 0 aliphatic carbocycles. The van der Waals surface area contributed by atoms with E-state index in [1.54, 1.807) is 0 Å². The fraction of sp³-hybridized carbons (Fsp3) is 0.200. The molecular weight excluding hydrogens is 203 g/mol. The Morgan fingerprint density at radius 2 is 2.27 bits per heavy atom. The summed E-state index contributed by atoms with van der Waals surface area (Å²) in [4.78, 5) is 20.7. The van der Waals surface area contributed by atoms with Crippen molar-refractivity contribution in [3.63, 3.8) is 0 Å². The predicted octanol–water partition coefficient (Wildman–Crippen LogP) is 1.49. The number of carbonyl (C=O) groups is 2. The van der Waals surface area contributed by atoms with Crippen molar-refractivity contribution in [1.29, 1.82) is 0 Å². The standard InChI is InChI=1S/C10H9FO4/c1-6(10(13)14)15-9-3-2-7(5-12)4-8(9)11/h2-6H,1H3,(H,13,14). The summed E-state index contributed by atoms with van der Waals surface area (Å²) in [5.74, 6) is -2.13. The molecule has 1 rings (SSSR count). The van der Waals surface area contributed by atoms with Crippen molar-refractivity contribution in [1.82, 2.24) is 0 Å². The maximum atomic E-state index is 13.2. The van der Waals surface area contributed by atoms with E-state index in [0.717, 1.165) is 6.07 Å². The van der Waals surface area contributed by atoms with Gasteiger partial charge < -0.3 is 9.84 Å². The number of hydrogen-bond donors (Lipinski definition) is 1. The van der Waals surface area contributed by atoms with E-state index in [1.165, 1.54) is 19.1 Å². The molecule has 0 saturated heterocycles. The third-order valence-corrected chi connectivity index (χ3v) is 1.74. The van der Waals surface area contributed by atoms with Crippen molar-refractivity contribution >= 4 is 12.3 Å². The third-order valence-electron chi connectivity index (χ3n) is 1.74. The van der Waals surface area contributed by atoms with E-state index in [9.17, 15) is 14.0 Å². The molecule has 1 N–H and O–H groups in total. The van der Waals surface area contributed by atoms with Crippen LogP contribution in [0.25, 0.3) is 0 Å². The van der Waals surface area contributed by atoms with Gasteiger partial charge in [-0.15, -0.1) is 0 Å². The molecule has 0 amide bonds. The number of ether oxygens (including phenoxy) is 1. The number of carboxylic acid groups (broad SMARTS) is 1. The zero-order chi connectivity index (χ0) is 11.4. The van der Waals surface area contributed by atoms with E-state index in [0.29, 0.717) is 6.29 Å². The Morgan fingerprint density at radius 3 is 2.73 bits per heavy atom. The number of halogens is 1. The van der Waals surface area contributed by atoms with Crippen LogP contribution in [0.4, 0.5) is 4.39 Å². The topological polar surface area (TPSA) is 63.6 Å².